The summed E-state index contributed by atoms with van der Waals surface area (Å²) in [6, 6.07) is 0. The molecule has 0 aromatic rings. The van der Waals surface area contributed by atoms with Crippen molar-refractivity contribution in [3.63, 3.8) is 0 Å². The monoisotopic (exact) mass is 281 g/mol. The maximum absolute atomic E-state index is 0. The van der Waals surface area contributed by atoms with Crippen LogP contribution in [-0.4, -0.2) is 56.8 Å². The molecule has 0 rings (SSSR count). The molecule has 6 N–H and O–H groups in total. The summed E-state index contributed by atoms with van der Waals surface area (Å²) in [7, 11) is 0. The zero-order chi connectivity index (χ0) is 0. The van der Waals surface area contributed by atoms with Gasteiger partial charge in [0.2, 0.25) is 0 Å². The Labute approximate surface area is 73.7 Å². The van der Waals surface area contributed by atoms with Gasteiger partial charge in [0, 0.05) is 0 Å². The number of hydrogen-bond donors (Lipinski definition) is 0. The van der Waals surface area contributed by atoms with Gasteiger partial charge in [0.15, 0.2) is 0 Å². The third kappa shape index (κ3) is 229. The van der Waals surface area contributed by atoms with E-state index in [0.717, 1.165) is 0 Å². The molecule has 0 spiro atoms. The molecule has 0 aliphatic carbocycles. The van der Waals surface area contributed by atoms with Crippen LogP contribution >= 0.6 is 0 Å². The van der Waals surface area contributed by atoms with Crippen LogP contribution in [0.5, 0.6) is 0 Å². The number of rotatable bonds is 0. The van der Waals surface area contributed by atoms with E-state index in [-0.39, 0.29) is 73.5 Å². The Kier molecular flexibility index (Phi) is 23000. The van der Waals surface area contributed by atoms with Gasteiger partial charge in [-0.05, 0) is 0 Å². The van der Waals surface area contributed by atoms with Gasteiger partial charge in [-0.25, -0.2) is 0 Å². The van der Waals surface area contributed by atoms with Gasteiger partial charge in [0.25, 0.3) is 0 Å². The molecule has 0 saturated carbocycles. The topological polar surface area (TPSA) is 180 Å². The van der Waals surface area contributed by atoms with Gasteiger partial charge >= 0.3 is 40.7 Å². The van der Waals surface area contributed by atoms with Gasteiger partial charge in [-0.1, -0.05) is 0 Å². The minimum atomic E-state index is 0. The molecule has 6 nitrogen and oxygen atoms in total. The first-order valence-corrected chi connectivity index (χ1v) is 0. The average molecular weight is 280 g/mol. The van der Waals surface area contributed by atoms with E-state index in [1.54, 1.807) is 0 Å². The fraction of sp³-hybridized carbons (Fsp3) is 0. The third-order valence-electron chi connectivity index (χ3n) is 0. The van der Waals surface area contributed by atoms with Gasteiger partial charge in [0.05, 0.1) is 0 Å². The molecule has 0 aliphatic heterocycles. The summed E-state index contributed by atoms with van der Waals surface area (Å²) in [5.74, 6) is 0. The first kappa shape index (κ1) is 520. The predicted molar refractivity (Wildman–Crippen MR) is 17.4 cm³/mol. The van der Waals surface area contributed by atoms with E-state index >= 15 is 0 Å². The maximum Gasteiger partial charge on any atom is 4.00 e. The molecule has 0 fully saturated rings. The van der Waals surface area contributed by atoms with Crippen molar-refractivity contribution in [2.45, 2.75) is 0 Å². The molecule has 0 aromatic carbocycles. The molecule has 0 atom stereocenters. The SMILES string of the molecule is [Co+2].[OH-].[OH-].[OH-].[OH-].[OH-].[OH-].[Sn+4]. The summed E-state index contributed by atoms with van der Waals surface area (Å²) in [6.07, 6.45) is 0. The van der Waals surface area contributed by atoms with Crippen LogP contribution in [0.4, 0.5) is 0 Å². The van der Waals surface area contributed by atoms with E-state index in [1.165, 1.54) is 0 Å². The summed E-state index contributed by atoms with van der Waals surface area (Å²) in [5, 5.41) is 0. The predicted octanol–water partition coefficient (Wildman–Crippen LogP) is -1.44. The van der Waals surface area contributed by atoms with Crippen molar-refractivity contribution in [3.05, 3.63) is 0 Å². The summed E-state index contributed by atoms with van der Waals surface area (Å²) in [4.78, 5) is 0. The quantitative estimate of drug-likeness (QED) is 0.489. The molecule has 0 aliphatic rings. The van der Waals surface area contributed by atoms with Crippen LogP contribution in [0.2, 0.25) is 0 Å². The first-order valence-electron chi connectivity index (χ1n) is 0. The molecule has 55 valence electrons. The van der Waals surface area contributed by atoms with Crippen molar-refractivity contribution < 1.29 is 49.6 Å². The Morgan fingerprint density at radius 2 is 0.375 bits per heavy atom. The molecule has 8 heteroatoms. The second-order valence-electron chi connectivity index (χ2n) is 0. The Hall–Kier alpha value is 1.07. The van der Waals surface area contributed by atoms with E-state index < -0.39 is 0 Å². The second kappa shape index (κ2) is 355. The molecular formula is H6CoO6Sn. The van der Waals surface area contributed by atoms with Crippen LogP contribution in [0.3, 0.4) is 0 Å². The summed E-state index contributed by atoms with van der Waals surface area (Å²) in [6.45, 7) is 0. The summed E-state index contributed by atoms with van der Waals surface area (Å²) < 4.78 is 0. The van der Waals surface area contributed by atoms with Gasteiger partial charge in [-0.15, -0.1) is 0 Å². The maximum atomic E-state index is 0. The Morgan fingerprint density at radius 3 is 0.375 bits per heavy atom. The van der Waals surface area contributed by atoms with Crippen molar-refractivity contribution in [2.75, 3.05) is 0 Å². The zero-order valence-electron chi connectivity index (χ0n) is 3.52. The summed E-state index contributed by atoms with van der Waals surface area (Å²) >= 11 is 0. The molecule has 0 aromatic heterocycles. The molecule has 0 heterocycles. The Bertz CT molecular complexity index is 8.49. The van der Waals surface area contributed by atoms with E-state index in [0.29, 0.717) is 0 Å². The molecule has 1 radical (unpaired) electrons. The van der Waals surface area contributed by atoms with Gasteiger partial charge in [-0.2, -0.15) is 0 Å². The Morgan fingerprint density at radius 1 is 0.375 bits per heavy atom. The van der Waals surface area contributed by atoms with E-state index in [9.17, 15) is 0 Å². The molecular weight excluding hydrogens is 274 g/mol. The van der Waals surface area contributed by atoms with Gasteiger partial charge in [0.1, 0.15) is 0 Å². The fourth-order valence-corrected chi connectivity index (χ4v) is 0. The van der Waals surface area contributed by atoms with E-state index in [1.807, 2.05) is 0 Å². The van der Waals surface area contributed by atoms with Crippen molar-refractivity contribution in [1.82, 2.24) is 0 Å². The standard InChI is InChI=1S/Co.6H2O.Sn/h;6*1H2;/q+2;;;;;;;+4/p-6. The van der Waals surface area contributed by atoms with Crippen molar-refractivity contribution in [2.24, 2.45) is 0 Å². The first-order chi connectivity index (χ1) is 0. The van der Waals surface area contributed by atoms with Crippen molar-refractivity contribution in [3.8, 4) is 0 Å². The van der Waals surface area contributed by atoms with Crippen LogP contribution in [0.25, 0.3) is 0 Å². The fourth-order valence-electron chi connectivity index (χ4n) is 0. The van der Waals surface area contributed by atoms with Crippen LogP contribution in [0.1, 0.15) is 0 Å². The normalized spacial score (nSPS) is 0. The van der Waals surface area contributed by atoms with Crippen molar-refractivity contribution >= 4 is 23.9 Å². The average Bonchev–Trinajstić information content (AvgIpc) is 0. The van der Waals surface area contributed by atoms with E-state index in [2.05, 4.69) is 0 Å². The second-order valence-corrected chi connectivity index (χ2v) is 0. The molecule has 8 heavy (non-hydrogen) atoms. The summed E-state index contributed by atoms with van der Waals surface area (Å²) in [5.41, 5.74) is 0. The van der Waals surface area contributed by atoms with E-state index in [4.69, 9.17) is 0 Å². The largest absolute Gasteiger partial charge is 4.00 e. The minimum absolute atomic E-state index is 0. The van der Waals surface area contributed by atoms with Gasteiger partial charge < -0.3 is 32.9 Å². The zero-order valence-corrected chi connectivity index (χ0v) is 7.41. The van der Waals surface area contributed by atoms with Crippen LogP contribution < -0.4 is 0 Å². The third-order valence-corrected chi connectivity index (χ3v) is 0. The Balaban J connectivity index is 0. The molecule has 0 saturated heterocycles. The molecule has 0 unspecified atom stereocenters. The van der Waals surface area contributed by atoms with Crippen LogP contribution in [0.15, 0.2) is 0 Å². The molecule has 0 amide bonds. The smallest absolute Gasteiger partial charge is 0.870 e. The number of hydrogen-bond acceptors (Lipinski definition) is 6. The van der Waals surface area contributed by atoms with Gasteiger partial charge in [-0.3, -0.25) is 0 Å². The van der Waals surface area contributed by atoms with Crippen LogP contribution in [-0.2, 0) is 16.8 Å². The van der Waals surface area contributed by atoms with Crippen LogP contribution in [0, 0.1) is 0 Å². The molecule has 0 bridgehead atoms. The minimum Gasteiger partial charge on any atom is -0.870 e. The van der Waals surface area contributed by atoms with Crippen molar-refractivity contribution in [1.29, 1.82) is 0 Å².